The molecule has 0 aliphatic rings. The lowest BCUT2D eigenvalue weighted by atomic mass is 10.1. The molecule has 65 valence electrons. The molecule has 0 fully saturated rings. The first-order chi connectivity index (χ1) is 5.69. The zero-order chi connectivity index (χ0) is 9.14. The molecule has 0 aromatic heterocycles. The molecule has 0 saturated heterocycles. The van der Waals surface area contributed by atoms with Gasteiger partial charge in [-0.15, -0.1) is 0 Å². The second-order valence-corrected chi connectivity index (χ2v) is 2.29. The van der Waals surface area contributed by atoms with Crippen LogP contribution in [0.2, 0.25) is 0 Å². The number of hydrogen-bond donors (Lipinski definition) is 0. The molecule has 0 amide bonds. The van der Waals surface area contributed by atoms with Crippen molar-refractivity contribution in [2.45, 2.75) is 6.92 Å². The number of hydrogen-bond acceptors (Lipinski definition) is 1. The average Bonchev–Trinajstić information content (AvgIpc) is 2.03. The van der Waals surface area contributed by atoms with Gasteiger partial charge in [-0.1, -0.05) is 6.92 Å². The van der Waals surface area contributed by atoms with Crippen LogP contribution in [-0.4, -0.2) is 7.11 Å². The summed E-state index contributed by atoms with van der Waals surface area (Å²) in [7, 11) is 1.36. The Morgan fingerprint density at radius 3 is 2.08 bits per heavy atom. The minimum Gasteiger partial charge on any atom is -0.497 e. The standard InChI is InChI=1S/C9H9F2O/c1-3-7-8(10)4-6(12-2)5-9(7)11/h3-5H,1-2H3. The van der Waals surface area contributed by atoms with E-state index < -0.39 is 11.6 Å². The third kappa shape index (κ3) is 1.55. The molecule has 1 aromatic rings. The summed E-state index contributed by atoms with van der Waals surface area (Å²) in [5, 5.41) is 0. The van der Waals surface area contributed by atoms with Crippen molar-refractivity contribution in [2.75, 3.05) is 7.11 Å². The van der Waals surface area contributed by atoms with Gasteiger partial charge in [-0.3, -0.25) is 0 Å². The smallest absolute Gasteiger partial charge is 0.133 e. The number of halogens is 2. The van der Waals surface area contributed by atoms with E-state index in [1.54, 1.807) is 6.92 Å². The first-order valence-corrected chi connectivity index (χ1v) is 3.51. The van der Waals surface area contributed by atoms with E-state index >= 15 is 0 Å². The summed E-state index contributed by atoms with van der Waals surface area (Å²) in [6.07, 6.45) is 1.38. The lowest BCUT2D eigenvalue weighted by Gasteiger charge is -2.04. The average molecular weight is 171 g/mol. The maximum absolute atomic E-state index is 12.9. The predicted octanol–water partition coefficient (Wildman–Crippen LogP) is 2.55. The fourth-order valence-electron chi connectivity index (χ4n) is 0.955. The molecular weight excluding hydrogens is 162 g/mol. The van der Waals surface area contributed by atoms with E-state index in [1.165, 1.54) is 13.5 Å². The second-order valence-electron chi connectivity index (χ2n) is 2.29. The normalized spacial score (nSPS) is 10.0. The van der Waals surface area contributed by atoms with E-state index in [9.17, 15) is 8.78 Å². The molecule has 3 heteroatoms. The second kappa shape index (κ2) is 3.52. The van der Waals surface area contributed by atoms with Gasteiger partial charge in [-0.05, 0) is 6.42 Å². The van der Waals surface area contributed by atoms with Gasteiger partial charge < -0.3 is 4.74 Å². The molecular formula is C9H9F2O. The van der Waals surface area contributed by atoms with E-state index in [4.69, 9.17) is 0 Å². The van der Waals surface area contributed by atoms with Crippen LogP contribution in [0, 0.1) is 18.1 Å². The summed E-state index contributed by atoms with van der Waals surface area (Å²) >= 11 is 0. The van der Waals surface area contributed by atoms with Crippen molar-refractivity contribution >= 4 is 0 Å². The lowest BCUT2D eigenvalue weighted by molar-refractivity contribution is 0.406. The Kier molecular flexibility index (Phi) is 2.63. The summed E-state index contributed by atoms with van der Waals surface area (Å²) < 4.78 is 30.6. The largest absolute Gasteiger partial charge is 0.497 e. The van der Waals surface area contributed by atoms with Crippen LogP contribution in [-0.2, 0) is 0 Å². The van der Waals surface area contributed by atoms with Gasteiger partial charge >= 0.3 is 0 Å². The molecule has 12 heavy (non-hydrogen) atoms. The van der Waals surface area contributed by atoms with Gasteiger partial charge in [0.25, 0.3) is 0 Å². The van der Waals surface area contributed by atoms with E-state index in [2.05, 4.69) is 4.74 Å². The first-order valence-electron chi connectivity index (χ1n) is 3.51. The van der Waals surface area contributed by atoms with Gasteiger partial charge in [0, 0.05) is 17.7 Å². The molecule has 0 aliphatic carbocycles. The molecule has 0 spiro atoms. The van der Waals surface area contributed by atoms with Crippen LogP contribution in [0.4, 0.5) is 8.78 Å². The quantitative estimate of drug-likeness (QED) is 0.664. The molecule has 0 saturated carbocycles. The van der Waals surface area contributed by atoms with Crippen molar-refractivity contribution < 1.29 is 13.5 Å². The fourth-order valence-corrected chi connectivity index (χ4v) is 0.955. The Bertz CT molecular complexity index is 261. The van der Waals surface area contributed by atoms with Crippen molar-refractivity contribution in [3.63, 3.8) is 0 Å². The molecule has 0 bridgehead atoms. The van der Waals surface area contributed by atoms with E-state index in [0.29, 0.717) is 0 Å². The molecule has 1 radical (unpaired) electrons. The van der Waals surface area contributed by atoms with Gasteiger partial charge in [0.05, 0.1) is 7.11 Å². The molecule has 0 N–H and O–H groups in total. The van der Waals surface area contributed by atoms with Crippen LogP contribution in [0.3, 0.4) is 0 Å². The molecule has 1 nitrogen and oxygen atoms in total. The third-order valence-corrected chi connectivity index (χ3v) is 1.58. The Morgan fingerprint density at radius 1 is 1.25 bits per heavy atom. The van der Waals surface area contributed by atoms with Crippen molar-refractivity contribution in [1.29, 1.82) is 0 Å². The van der Waals surface area contributed by atoms with Crippen LogP contribution < -0.4 is 4.74 Å². The minimum atomic E-state index is -0.602. The maximum atomic E-state index is 12.9. The summed E-state index contributed by atoms with van der Waals surface area (Å²) in [6, 6.07) is 2.30. The number of ether oxygens (including phenoxy) is 1. The van der Waals surface area contributed by atoms with Crippen molar-refractivity contribution in [2.24, 2.45) is 0 Å². The zero-order valence-electron chi connectivity index (χ0n) is 6.90. The number of benzene rings is 1. The van der Waals surface area contributed by atoms with Crippen molar-refractivity contribution in [1.82, 2.24) is 0 Å². The molecule has 0 atom stereocenters. The van der Waals surface area contributed by atoms with Gasteiger partial charge in [0.15, 0.2) is 0 Å². The molecule has 0 unspecified atom stereocenters. The Labute approximate surface area is 70.0 Å². The van der Waals surface area contributed by atoms with E-state index in [0.717, 1.165) is 12.1 Å². The summed E-state index contributed by atoms with van der Waals surface area (Å²) in [6.45, 7) is 1.58. The molecule has 0 aliphatic heterocycles. The topological polar surface area (TPSA) is 9.23 Å². The molecule has 1 rings (SSSR count). The van der Waals surface area contributed by atoms with Gasteiger partial charge in [0.2, 0.25) is 0 Å². The SMILES string of the molecule is C[CH]c1c(F)cc(OC)cc1F. The van der Waals surface area contributed by atoms with Crippen molar-refractivity contribution in [3.05, 3.63) is 35.8 Å². The highest BCUT2D eigenvalue weighted by Gasteiger charge is 2.08. The monoisotopic (exact) mass is 171 g/mol. The van der Waals surface area contributed by atoms with Crippen LogP contribution in [0.1, 0.15) is 12.5 Å². The lowest BCUT2D eigenvalue weighted by Crippen LogP contribution is -1.94. The first kappa shape index (κ1) is 8.97. The molecule has 0 heterocycles. The Balaban J connectivity index is 3.18. The van der Waals surface area contributed by atoms with Crippen LogP contribution >= 0.6 is 0 Å². The summed E-state index contributed by atoms with van der Waals surface area (Å²) in [4.78, 5) is 0. The van der Waals surface area contributed by atoms with Gasteiger partial charge in [0.1, 0.15) is 17.4 Å². The van der Waals surface area contributed by atoms with Crippen LogP contribution in [0.25, 0.3) is 0 Å². The summed E-state index contributed by atoms with van der Waals surface area (Å²) in [5.74, 6) is -1.01. The fraction of sp³-hybridized carbons (Fsp3) is 0.222. The Morgan fingerprint density at radius 2 is 1.75 bits per heavy atom. The summed E-state index contributed by atoms with van der Waals surface area (Å²) in [5.41, 5.74) is -0.0178. The van der Waals surface area contributed by atoms with Crippen molar-refractivity contribution in [3.8, 4) is 5.75 Å². The van der Waals surface area contributed by atoms with Crippen LogP contribution in [0.5, 0.6) is 5.75 Å². The van der Waals surface area contributed by atoms with Crippen LogP contribution in [0.15, 0.2) is 12.1 Å². The van der Waals surface area contributed by atoms with E-state index in [-0.39, 0.29) is 11.3 Å². The number of methoxy groups -OCH3 is 1. The minimum absolute atomic E-state index is 0.0178. The van der Waals surface area contributed by atoms with E-state index in [1.807, 2.05) is 0 Å². The number of rotatable bonds is 2. The predicted molar refractivity (Wildman–Crippen MR) is 42.0 cm³/mol. The highest BCUT2D eigenvalue weighted by molar-refractivity contribution is 5.33. The third-order valence-electron chi connectivity index (χ3n) is 1.58. The highest BCUT2D eigenvalue weighted by atomic mass is 19.1. The van der Waals surface area contributed by atoms with Gasteiger partial charge in [-0.2, -0.15) is 0 Å². The Hall–Kier alpha value is -1.12. The van der Waals surface area contributed by atoms with Gasteiger partial charge in [-0.25, -0.2) is 8.78 Å². The molecule has 1 aromatic carbocycles. The maximum Gasteiger partial charge on any atom is 0.133 e. The highest BCUT2D eigenvalue weighted by Crippen LogP contribution is 2.21. The zero-order valence-corrected chi connectivity index (χ0v) is 6.90.